The Bertz CT molecular complexity index is 991. The monoisotopic (exact) mass is 388 g/mol. The summed E-state index contributed by atoms with van der Waals surface area (Å²) < 4.78 is 5.68. The summed E-state index contributed by atoms with van der Waals surface area (Å²) in [5, 5.41) is 12.0. The van der Waals surface area contributed by atoms with Crippen molar-refractivity contribution in [3.8, 4) is 6.07 Å². The molecular formula is C22H24N6O. The molecule has 0 saturated carbocycles. The van der Waals surface area contributed by atoms with E-state index in [1.807, 2.05) is 25.1 Å². The second-order valence-corrected chi connectivity index (χ2v) is 7.28. The number of likely N-dealkylation sites (tertiary alicyclic amines) is 1. The summed E-state index contributed by atoms with van der Waals surface area (Å²) in [5.41, 5.74) is 2.19. The Kier molecular flexibility index (Phi) is 5.82. The Morgan fingerprint density at radius 3 is 2.93 bits per heavy atom. The van der Waals surface area contributed by atoms with Crippen LogP contribution in [0.5, 0.6) is 0 Å². The van der Waals surface area contributed by atoms with Gasteiger partial charge in [-0.05, 0) is 69.6 Å². The van der Waals surface area contributed by atoms with E-state index < -0.39 is 0 Å². The maximum absolute atomic E-state index is 8.86. The van der Waals surface area contributed by atoms with Gasteiger partial charge in [0.1, 0.15) is 23.3 Å². The minimum Gasteiger partial charge on any atom is -0.466 e. The van der Waals surface area contributed by atoms with Gasteiger partial charge in [0.2, 0.25) is 5.95 Å². The minimum atomic E-state index is 0.316. The molecule has 29 heavy (non-hydrogen) atoms. The maximum atomic E-state index is 8.86. The van der Waals surface area contributed by atoms with Gasteiger partial charge >= 0.3 is 0 Å². The van der Waals surface area contributed by atoms with E-state index in [9.17, 15) is 0 Å². The van der Waals surface area contributed by atoms with E-state index in [0.717, 1.165) is 55.3 Å². The van der Waals surface area contributed by atoms with Gasteiger partial charge < -0.3 is 9.73 Å². The van der Waals surface area contributed by atoms with Gasteiger partial charge in [0.25, 0.3) is 0 Å². The summed E-state index contributed by atoms with van der Waals surface area (Å²) >= 11 is 0. The lowest BCUT2D eigenvalue weighted by Crippen LogP contribution is -2.25. The third kappa shape index (κ3) is 4.79. The highest BCUT2D eigenvalue weighted by Gasteiger charge is 2.27. The Morgan fingerprint density at radius 2 is 2.17 bits per heavy atom. The highest BCUT2D eigenvalue weighted by Crippen LogP contribution is 2.31. The molecule has 0 bridgehead atoms. The van der Waals surface area contributed by atoms with Gasteiger partial charge in [0, 0.05) is 12.6 Å². The largest absolute Gasteiger partial charge is 0.466 e. The fraction of sp³-hybridized carbons (Fsp3) is 0.364. The molecule has 4 heterocycles. The van der Waals surface area contributed by atoms with Crippen molar-refractivity contribution in [3.63, 3.8) is 0 Å². The second-order valence-electron chi connectivity index (χ2n) is 7.28. The van der Waals surface area contributed by atoms with E-state index in [0.29, 0.717) is 17.7 Å². The predicted octanol–water partition coefficient (Wildman–Crippen LogP) is 4.16. The van der Waals surface area contributed by atoms with Crippen molar-refractivity contribution < 1.29 is 4.42 Å². The van der Waals surface area contributed by atoms with Crippen molar-refractivity contribution in [3.05, 3.63) is 65.6 Å². The van der Waals surface area contributed by atoms with Crippen LogP contribution in [0.2, 0.25) is 0 Å². The SMILES string of the molecule is Cc1ccc(CCCN2CCC[C@H]2c2ccnc(Nc3ccc(C#N)nc3)n2)o1. The molecule has 3 aromatic rings. The van der Waals surface area contributed by atoms with Gasteiger partial charge in [-0.2, -0.15) is 5.26 Å². The zero-order valence-corrected chi connectivity index (χ0v) is 16.5. The van der Waals surface area contributed by atoms with Crippen molar-refractivity contribution in [1.29, 1.82) is 5.26 Å². The predicted molar refractivity (Wildman–Crippen MR) is 110 cm³/mol. The van der Waals surface area contributed by atoms with Crippen molar-refractivity contribution in [2.75, 3.05) is 18.4 Å². The third-order valence-electron chi connectivity index (χ3n) is 5.18. The first-order valence-corrected chi connectivity index (χ1v) is 9.97. The highest BCUT2D eigenvalue weighted by atomic mass is 16.3. The number of nitrogens with one attached hydrogen (secondary N) is 1. The van der Waals surface area contributed by atoms with E-state index in [1.54, 1.807) is 24.5 Å². The average Bonchev–Trinajstić information content (AvgIpc) is 3.38. The van der Waals surface area contributed by atoms with Crippen LogP contribution in [0.4, 0.5) is 11.6 Å². The minimum absolute atomic E-state index is 0.316. The van der Waals surface area contributed by atoms with Crippen LogP contribution in [-0.2, 0) is 6.42 Å². The van der Waals surface area contributed by atoms with E-state index >= 15 is 0 Å². The number of anilines is 2. The topological polar surface area (TPSA) is 90.9 Å². The smallest absolute Gasteiger partial charge is 0.227 e. The molecule has 148 valence electrons. The van der Waals surface area contributed by atoms with E-state index in [1.165, 1.54) is 6.42 Å². The Balaban J connectivity index is 1.38. The molecule has 1 saturated heterocycles. The summed E-state index contributed by atoms with van der Waals surface area (Å²) in [6.07, 6.45) is 7.72. The highest BCUT2D eigenvalue weighted by molar-refractivity contribution is 5.52. The molecule has 0 aliphatic carbocycles. The first-order chi connectivity index (χ1) is 14.2. The van der Waals surface area contributed by atoms with Crippen LogP contribution < -0.4 is 5.32 Å². The number of furan rings is 1. The van der Waals surface area contributed by atoms with Gasteiger partial charge in [0.05, 0.1) is 23.6 Å². The van der Waals surface area contributed by atoms with Crippen LogP contribution in [0, 0.1) is 18.3 Å². The molecule has 0 radical (unpaired) electrons. The second kappa shape index (κ2) is 8.84. The van der Waals surface area contributed by atoms with Crippen molar-refractivity contribution >= 4 is 11.6 Å². The number of hydrogen-bond donors (Lipinski definition) is 1. The Morgan fingerprint density at radius 1 is 1.24 bits per heavy atom. The number of rotatable bonds is 7. The zero-order chi connectivity index (χ0) is 20.1. The molecule has 7 heteroatoms. The summed E-state index contributed by atoms with van der Waals surface area (Å²) in [6.45, 7) is 4.10. The Hall–Kier alpha value is -3.24. The summed E-state index contributed by atoms with van der Waals surface area (Å²) in [4.78, 5) is 15.6. The van der Waals surface area contributed by atoms with Gasteiger partial charge in [0.15, 0.2) is 0 Å². The number of aromatic nitrogens is 3. The number of aryl methyl sites for hydroxylation is 2. The number of nitrogens with zero attached hydrogens (tertiary/aromatic N) is 5. The molecule has 4 rings (SSSR count). The molecule has 1 aliphatic rings. The van der Waals surface area contributed by atoms with Crippen LogP contribution in [-0.4, -0.2) is 32.9 Å². The van der Waals surface area contributed by atoms with Crippen LogP contribution in [0.25, 0.3) is 0 Å². The normalized spacial score (nSPS) is 16.6. The average molecular weight is 388 g/mol. The standard InChI is InChI=1S/C22H24N6O/c1-16-6-9-19(29-16)4-2-12-28-13-3-5-21(28)20-10-11-24-22(27-20)26-18-8-7-17(14-23)25-15-18/h6-11,15,21H,2-5,12-13H2,1H3,(H,24,26,27)/t21-/m0/s1. The molecule has 0 aromatic carbocycles. The summed E-state index contributed by atoms with van der Waals surface area (Å²) in [7, 11) is 0. The lowest BCUT2D eigenvalue weighted by atomic mass is 10.1. The van der Waals surface area contributed by atoms with Crippen LogP contribution in [0.1, 0.15) is 48.2 Å². The fourth-order valence-electron chi connectivity index (χ4n) is 3.79. The first kappa shape index (κ1) is 19.1. The maximum Gasteiger partial charge on any atom is 0.227 e. The summed E-state index contributed by atoms with van der Waals surface area (Å²) in [5.74, 6) is 2.58. The quantitative estimate of drug-likeness (QED) is 0.650. The van der Waals surface area contributed by atoms with Crippen LogP contribution >= 0.6 is 0 Å². The first-order valence-electron chi connectivity index (χ1n) is 9.97. The number of pyridine rings is 1. The zero-order valence-electron chi connectivity index (χ0n) is 16.5. The third-order valence-corrected chi connectivity index (χ3v) is 5.18. The lowest BCUT2D eigenvalue weighted by Gasteiger charge is -2.24. The van der Waals surface area contributed by atoms with Gasteiger partial charge in [-0.15, -0.1) is 0 Å². The summed E-state index contributed by atoms with van der Waals surface area (Å²) in [6, 6.07) is 11.9. The van der Waals surface area contributed by atoms with Crippen molar-refractivity contribution in [2.24, 2.45) is 0 Å². The number of nitriles is 1. The molecular weight excluding hydrogens is 364 g/mol. The number of hydrogen-bond acceptors (Lipinski definition) is 7. The van der Waals surface area contributed by atoms with E-state index in [4.69, 9.17) is 14.7 Å². The molecule has 3 aromatic heterocycles. The molecule has 0 amide bonds. The van der Waals surface area contributed by atoms with Gasteiger partial charge in [-0.1, -0.05) is 0 Å². The molecule has 1 fully saturated rings. The van der Waals surface area contributed by atoms with Crippen LogP contribution in [0.3, 0.4) is 0 Å². The van der Waals surface area contributed by atoms with Gasteiger partial charge in [-0.25, -0.2) is 15.0 Å². The molecule has 1 aliphatic heterocycles. The molecule has 1 atom stereocenters. The molecule has 1 N–H and O–H groups in total. The fourth-order valence-corrected chi connectivity index (χ4v) is 3.79. The Labute approximate surface area is 170 Å². The van der Waals surface area contributed by atoms with Crippen molar-refractivity contribution in [2.45, 2.75) is 38.6 Å². The van der Waals surface area contributed by atoms with E-state index in [-0.39, 0.29) is 0 Å². The van der Waals surface area contributed by atoms with E-state index in [2.05, 4.69) is 26.3 Å². The molecule has 0 spiro atoms. The lowest BCUT2D eigenvalue weighted by molar-refractivity contribution is 0.248. The molecule has 0 unspecified atom stereocenters. The van der Waals surface area contributed by atoms with Gasteiger partial charge in [-0.3, -0.25) is 4.90 Å². The molecule has 7 nitrogen and oxygen atoms in total. The van der Waals surface area contributed by atoms with Crippen molar-refractivity contribution in [1.82, 2.24) is 19.9 Å². The van der Waals surface area contributed by atoms with Crippen LogP contribution in [0.15, 0.2) is 47.1 Å².